The van der Waals surface area contributed by atoms with Crippen molar-refractivity contribution in [1.82, 2.24) is 9.97 Å². The molecule has 0 bridgehead atoms. The molecule has 0 fully saturated rings. The number of nitrogens with one attached hydrogen (secondary N) is 1. The van der Waals surface area contributed by atoms with Crippen LogP contribution in [-0.4, -0.2) is 23.6 Å². The highest BCUT2D eigenvalue weighted by Crippen LogP contribution is 2.09. The van der Waals surface area contributed by atoms with Crippen LogP contribution in [0.5, 0.6) is 0 Å². The van der Waals surface area contributed by atoms with Crippen molar-refractivity contribution in [2.75, 3.05) is 23.9 Å². The van der Waals surface area contributed by atoms with Crippen molar-refractivity contribution in [2.24, 2.45) is 5.84 Å². The SMILES string of the molecule is CCCN(C)c1ccnc(NN)n1. The zero-order chi connectivity index (χ0) is 9.68. The summed E-state index contributed by atoms with van der Waals surface area (Å²) in [6, 6.07) is 1.86. The van der Waals surface area contributed by atoms with Crippen LogP contribution >= 0.6 is 0 Å². The van der Waals surface area contributed by atoms with E-state index in [0.717, 1.165) is 18.8 Å². The number of hydrogen-bond donors (Lipinski definition) is 2. The fraction of sp³-hybridized carbons (Fsp3) is 0.500. The van der Waals surface area contributed by atoms with Crippen LogP contribution in [0.15, 0.2) is 12.3 Å². The molecule has 5 nitrogen and oxygen atoms in total. The molecular weight excluding hydrogens is 166 g/mol. The predicted molar refractivity (Wildman–Crippen MR) is 53.4 cm³/mol. The summed E-state index contributed by atoms with van der Waals surface area (Å²) < 4.78 is 0. The summed E-state index contributed by atoms with van der Waals surface area (Å²) in [5.41, 5.74) is 2.42. The van der Waals surface area contributed by atoms with Crippen LogP contribution in [-0.2, 0) is 0 Å². The van der Waals surface area contributed by atoms with E-state index in [1.807, 2.05) is 13.1 Å². The number of anilines is 2. The van der Waals surface area contributed by atoms with E-state index >= 15 is 0 Å². The molecule has 1 aromatic heterocycles. The van der Waals surface area contributed by atoms with Gasteiger partial charge in [-0.25, -0.2) is 10.8 Å². The van der Waals surface area contributed by atoms with Gasteiger partial charge in [-0.1, -0.05) is 6.92 Å². The number of hydrazine groups is 1. The van der Waals surface area contributed by atoms with E-state index in [2.05, 4.69) is 27.2 Å². The van der Waals surface area contributed by atoms with E-state index in [9.17, 15) is 0 Å². The van der Waals surface area contributed by atoms with E-state index in [0.29, 0.717) is 5.95 Å². The van der Waals surface area contributed by atoms with E-state index in [1.54, 1.807) is 6.20 Å². The highest BCUT2D eigenvalue weighted by Gasteiger charge is 2.01. The Morgan fingerprint density at radius 2 is 2.38 bits per heavy atom. The van der Waals surface area contributed by atoms with Gasteiger partial charge < -0.3 is 4.90 Å². The Kier molecular flexibility index (Phi) is 3.45. The highest BCUT2D eigenvalue weighted by molar-refractivity contribution is 5.40. The summed E-state index contributed by atoms with van der Waals surface area (Å²) in [7, 11) is 1.99. The monoisotopic (exact) mass is 181 g/mol. The molecule has 0 spiro atoms. The fourth-order valence-corrected chi connectivity index (χ4v) is 1.08. The van der Waals surface area contributed by atoms with Crippen molar-refractivity contribution in [3.8, 4) is 0 Å². The van der Waals surface area contributed by atoms with E-state index in [-0.39, 0.29) is 0 Å². The Hall–Kier alpha value is -1.36. The van der Waals surface area contributed by atoms with Crippen LogP contribution in [0.3, 0.4) is 0 Å². The number of rotatable bonds is 4. The quantitative estimate of drug-likeness (QED) is 0.526. The molecule has 1 aromatic rings. The Labute approximate surface area is 78.0 Å². The van der Waals surface area contributed by atoms with Gasteiger partial charge in [-0.2, -0.15) is 4.98 Å². The minimum absolute atomic E-state index is 0.445. The Morgan fingerprint density at radius 1 is 1.62 bits per heavy atom. The summed E-state index contributed by atoms with van der Waals surface area (Å²) >= 11 is 0. The van der Waals surface area contributed by atoms with Gasteiger partial charge >= 0.3 is 0 Å². The summed E-state index contributed by atoms with van der Waals surface area (Å²) in [5.74, 6) is 6.52. The number of nitrogen functional groups attached to an aromatic ring is 1. The Bertz CT molecular complexity index is 262. The average molecular weight is 181 g/mol. The third-order valence-electron chi connectivity index (χ3n) is 1.72. The maximum Gasteiger partial charge on any atom is 0.239 e. The van der Waals surface area contributed by atoms with Crippen molar-refractivity contribution in [3.05, 3.63) is 12.3 Å². The van der Waals surface area contributed by atoms with Gasteiger partial charge in [0.1, 0.15) is 5.82 Å². The molecule has 0 saturated heterocycles. The molecule has 0 radical (unpaired) electrons. The summed E-state index contributed by atoms with van der Waals surface area (Å²) in [4.78, 5) is 10.2. The first-order valence-electron chi connectivity index (χ1n) is 4.28. The lowest BCUT2D eigenvalue weighted by Crippen LogP contribution is -2.20. The molecule has 72 valence electrons. The predicted octanol–water partition coefficient (Wildman–Crippen LogP) is 0.608. The molecular formula is C8H15N5. The molecule has 3 N–H and O–H groups in total. The number of aromatic nitrogens is 2. The summed E-state index contributed by atoms with van der Waals surface area (Å²) in [5, 5.41) is 0. The molecule has 0 aliphatic rings. The third-order valence-corrected chi connectivity index (χ3v) is 1.72. The lowest BCUT2D eigenvalue weighted by Gasteiger charge is -2.16. The molecule has 13 heavy (non-hydrogen) atoms. The van der Waals surface area contributed by atoms with Crippen molar-refractivity contribution in [2.45, 2.75) is 13.3 Å². The van der Waals surface area contributed by atoms with E-state index in [1.165, 1.54) is 0 Å². The third kappa shape index (κ3) is 2.55. The first-order valence-corrected chi connectivity index (χ1v) is 4.28. The molecule has 1 rings (SSSR count). The molecule has 1 heterocycles. The maximum atomic E-state index is 5.20. The van der Waals surface area contributed by atoms with Crippen molar-refractivity contribution >= 4 is 11.8 Å². The lowest BCUT2D eigenvalue weighted by molar-refractivity contribution is 0.834. The van der Waals surface area contributed by atoms with Gasteiger partial charge in [0, 0.05) is 19.8 Å². The van der Waals surface area contributed by atoms with Gasteiger partial charge in [0.15, 0.2) is 0 Å². The second-order valence-electron chi connectivity index (χ2n) is 2.80. The molecule has 0 saturated carbocycles. The van der Waals surface area contributed by atoms with Gasteiger partial charge in [0.25, 0.3) is 0 Å². The van der Waals surface area contributed by atoms with Crippen LogP contribution in [0.2, 0.25) is 0 Å². The van der Waals surface area contributed by atoms with Crippen LogP contribution in [0.25, 0.3) is 0 Å². The first-order chi connectivity index (χ1) is 6.27. The molecule has 0 aliphatic carbocycles. The van der Waals surface area contributed by atoms with Crippen LogP contribution in [0.1, 0.15) is 13.3 Å². The van der Waals surface area contributed by atoms with E-state index in [4.69, 9.17) is 5.84 Å². The molecule has 0 unspecified atom stereocenters. The normalized spacial score (nSPS) is 9.77. The van der Waals surface area contributed by atoms with Gasteiger partial charge in [-0.05, 0) is 12.5 Å². The first kappa shape index (κ1) is 9.73. The molecule has 0 amide bonds. The summed E-state index contributed by atoms with van der Waals surface area (Å²) in [6.07, 6.45) is 2.77. The highest BCUT2D eigenvalue weighted by atomic mass is 15.3. The zero-order valence-corrected chi connectivity index (χ0v) is 7.99. The van der Waals surface area contributed by atoms with E-state index < -0.39 is 0 Å². The van der Waals surface area contributed by atoms with Crippen LogP contribution in [0, 0.1) is 0 Å². The van der Waals surface area contributed by atoms with Crippen molar-refractivity contribution in [3.63, 3.8) is 0 Å². The van der Waals surface area contributed by atoms with Gasteiger partial charge in [-0.15, -0.1) is 0 Å². The largest absolute Gasteiger partial charge is 0.360 e. The number of hydrogen-bond acceptors (Lipinski definition) is 5. The number of nitrogens with zero attached hydrogens (tertiary/aromatic N) is 3. The molecule has 0 aliphatic heterocycles. The van der Waals surface area contributed by atoms with Gasteiger partial charge in [0.05, 0.1) is 0 Å². The maximum absolute atomic E-state index is 5.20. The molecule has 0 aromatic carbocycles. The second-order valence-corrected chi connectivity index (χ2v) is 2.80. The average Bonchev–Trinajstić information content (AvgIpc) is 2.18. The lowest BCUT2D eigenvalue weighted by atomic mass is 10.4. The molecule has 5 heteroatoms. The summed E-state index contributed by atoms with van der Waals surface area (Å²) in [6.45, 7) is 3.10. The molecule has 0 atom stereocenters. The number of nitrogens with two attached hydrogens (primary N) is 1. The second kappa shape index (κ2) is 4.61. The zero-order valence-electron chi connectivity index (χ0n) is 7.99. The van der Waals surface area contributed by atoms with Gasteiger partial charge in [0.2, 0.25) is 5.95 Å². The fourth-order valence-electron chi connectivity index (χ4n) is 1.08. The topological polar surface area (TPSA) is 67.1 Å². The van der Waals surface area contributed by atoms with Crippen molar-refractivity contribution < 1.29 is 0 Å². The smallest absolute Gasteiger partial charge is 0.239 e. The Morgan fingerprint density at radius 3 is 3.00 bits per heavy atom. The standard InChI is InChI=1S/C8H15N5/c1-3-6-13(2)7-4-5-10-8(11-7)12-9/h4-5H,3,6,9H2,1-2H3,(H,10,11,12). The minimum atomic E-state index is 0.445. The van der Waals surface area contributed by atoms with Crippen LogP contribution in [0.4, 0.5) is 11.8 Å². The van der Waals surface area contributed by atoms with Crippen molar-refractivity contribution in [1.29, 1.82) is 0 Å². The van der Waals surface area contributed by atoms with Crippen LogP contribution < -0.4 is 16.2 Å². The van der Waals surface area contributed by atoms with Gasteiger partial charge in [-0.3, -0.25) is 5.43 Å². The Balaban J connectivity index is 2.75. The minimum Gasteiger partial charge on any atom is -0.360 e.